The van der Waals surface area contributed by atoms with Crippen LogP contribution in [0.3, 0.4) is 0 Å². The molecule has 2 aliphatic rings. The highest BCUT2D eigenvalue weighted by atomic mass is 16.6. The van der Waals surface area contributed by atoms with Crippen molar-refractivity contribution in [3.63, 3.8) is 0 Å². The van der Waals surface area contributed by atoms with Gasteiger partial charge in [-0.15, -0.1) is 0 Å². The minimum atomic E-state index is -0.356. The second-order valence-corrected chi connectivity index (χ2v) is 8.39. The summed E-state index contributed by atoms with van der Waals surface area (Å²) in [5, 5.41) is 0. The monoisotopic (exact) mass is 294 g/mol. The predicted molar refractivity (Wildman–Crippen MR) is 87.0 cm³/mol. The van der Waals surface area contributed by atoms with Gasteiger partial charge in [0, 0.05) is 0 Å². The molecule has 0 aliphatic heterocycles. The Morgan fingerprint density at radius 3 is 2.38 bits per heavy atom. The summed E-state index contributed by atoms with van der Waals surface area (Å²) in [6, 6.07) is 0. The Bertz CT molecular complexity index is 372. The van der Waals surface area contributed by atoms with Crippen molar-refractivity contribution in [1.29, 1.82) is 0 Å². The Hall–Kier alpha value is -0.530. The highest BCUT2D eigenvalue weighted by molar-refractivity contribution is 5.76. The molecule has 0 aromatic rings. The van der Waals surface area contributed by atoms with Crippen LogP contribution < -0.4 is 0 Å². The van der Waals surface area contributed by atoms with Gasteiger partial charge in [0.05, 0.1) is 5.41 Å². The van der Waals surface area contributed by atoms with Gasteiger partial charge in [-0.1, -0.05) is 46.5 Å². The number of hydrogen-bond acceptors (Lipinski definition) is 2. The molecule has 2 fully saturated rings. The van der Waals surface area contributed by atoms with Gasteiger partial charge < -0.3 is 4.74 Å². The van der Waals surface area contributed by atoms with Crippen LogP contribution in [0.5, 0.6) is 0 Å². The zero-order valence-electron chi connectivity index (χ0n) is 14.7. The van der Waals surface area contributed by atoms with E-state index in [0.29, 0.717) is 5.92 Å². The maximum atomic E-state index is 12.6. The average Bonchev–Trinajstić information content (AvgIpc) is 2.46. The lowest BCUT2D eigenvalue weighted by Gasteiger charge is -2.49. The highest BCUT2D eigenvalue weighted by Crippen LogP contribution is 2.49. The van der Waals surface area contributed by atoms with E-state index in [-0.39, 0.29) is 17.0 Å². The van der Waals surface area contributed by atoms with Crippen LogP contribution in [0.25, 0.3) is 0 Å². The summed E-state index contributed by atoms with van der Waals surface area (Å²) in [5.74, 6) is 2.10. The largest absolute Gasteiger partial charge is 0.458 e. The summed E-state index contributed by atoms with van der Waals surface area (Å²) < 4.78 is 6.21. The van der Waals surface area contributed by atoms with Crippen molar-refractivity contribution in [2.24, 2.45) is 23.2 Å². The summed E-state index contributed by atoms with van der Waals surface area (Å²) in [4.78, 5) is 12.6. The number of rotatable bonds is 4. The van der Waals surface area contributed by atoms with E-state index in [2.05, 4.69) is 20.8 Å². The van der Waals surface area contributed by atoms with Crippen molar-refractivity contribution in [1.82, 2.24) is 0 Å². The molecule has 0 saturated heterocycles. The molecule has 2 aliphatic carbocycles. The first-order chi connectivity index (χ1) is 9.81. The molecule has 2 heteroatoms. The molecule has 2 saturated carbocycles. The number of esters is 1. The molecule has 122 valence electrons. The molecular weight excluding hydrogens is 260 g/mol. The zero-order chi connectivity index (χ0) is 15.7. The SMILES string of the molecule is CCC(C)(C)C(=O)OC1(C(C)C)CCC2CCCCC2C1. The third kappa shape index (κ3) is 3.46. The first-order valence-corrected chi connectivity index (χ1v) is 9.04. The second kappa shape index (κ2) is 6.30. The molecule has 0 bridgehead atoms. The van der Waals surface area contributed by atoms with E-state index in [0.717, 1.165) is 31.1 Å². The number of fused-ring (bicyclic) bond motifs is 1. The molecule has 3 atom stereocenters. The van der Waals surface area contributed by atoms with E-state index in [1.807, 2.05) is 13.8 Å². The van der Waals surface area contributed by atoms with Crippen LogP contribution in [-0.4, -0.2) is 11.6 Å². The fourth-order valence-electron chi connectivity index (χ4n) is 4.11. The fourth-order valence-corrected chi connectivity index (χ4v) is 4.11. The van der Waals surface area contributed by atoms with Gasteiger partial charge in [-0.05, 0) is 57.3 Å². The van der Waals surface area contributed by atoms with Crippen LogP contribution in [0.4, 0.5) is 0 Å². The maximum Gasteiger partial charge on any atom is 0.312 e. The molecule has 3 unspecified atom stereocenters. The molecule has 0 spiro atoms. The Balaban J connectivity index is 2.12. The Kier molecular flexibility index (Phi) is 5.05. The van der Waals surface area contributed by atoms with Gasteiger partial charge in [-0.3, -0.25) is 4.79 Å². The fraction of sp³-hybridized carbons (Fsp3) is 0.947. The topological polar surface area (TPSA) is 26.3 Å². The lowest BCUT2D eigenvalue weighted by molar-refractivity contribution is -0.186. The van der Waals surface area contributed by atoms with E-state index in [1.54, 1.807) is 0 Å². The normalized spacial score (nSPS) is 33.6. The van der Waals surface area contributed by atoms with Crippen LogP contribution >= 0.6 is 0 Å². The Morgan fingerprint density at radius 1 is 1.19 bits per heavy atom. The van der Waals surface area contributed by atoms with Crippen LogP contribution in [0.1, 0.15) is 86.0 Å². The van der Waals surface area contributed by atoms with Crippen molar-refractivity contribution < 1.29 is 9.53 Å². The Morgan fingerprint density at radius 2 is 1.81 bits per heavy atom. The smallest absolute Gasteiger partial charge is 0.312 e. The van der Waals surface area contributed by atoms with Gasteiger partial charge in [-0.25, -0.2) is 0 Å². The lowest BCUT2D eigenvalue weighted by atomic mass is 9.63. The van der Waals surface area contributed by atoms with Crippen LogP contribution in [0.15, 0.2) is 0 Å². The van der Waals surface area contributed by atoms with Crippen LogP contribution in [0.2, 0.25) is 0 Å². The van der Waals surface area contributed by atoms with Crippen molar-refractivity contribution in [2.75, 3.05) is 0 Å². The number of hydrogen-bond donors (Lipinski definition) is 0. The molecular formula is C19H34O2. The summed E-state index contributed by atoms with van der Waals surface area (Å²) in [5.41, 5.74) is -0.562. The van der Waals surface area contributed by atoms with E-state index in [9.17, 15) is 4.79 Å². The quantitative estimate of drug-likeness (QED) is 0.653. The minimum absolute atomic E-state index is 0.00737. The summed E-state index contributed by atoms with van der Waals surface area (Å²) in [6.07, 6.45) is 9.76. The standard InChI is InChI=1S/C19H34O2/c1-6-18(4,5)17(20)21-19(14(2)3)12-11-15-9-7-8-10-16(15)13-19/h14-16H,6-13H2,1-5H3. The molecule has 21 heavy (non-hydrogen) atoms. The number of ether oxygens (including phenoxy) is 1. The number of carbonyl (C=O) groups is 1. The molecule has 0 heterocycles. The molecule has 2 nitrogen and oxygen atoms in total. The van der Waals surface area contributed by atoms with Gasteiger partial charge >= 0.3 is 5.97 Å². The predicted octanol–water partition coefficient (Wildman–Crippen LogP) is 5.35. The van der Waals surface area contributed by atoms with E-state index in [1.165, 1.54) is 32.1 Å². The summed E-state index contributed by atoms with van der Waals surface area (Å²) >= 11 is 0. The van der Waals surface area contributed by atoms with Crippen molar-refractivity contribution in [3.05, 3.63) is 0 Å². The molecule has 0 aromatic heterocycles. The van der Waals surface area contributed by atoms with Crippen molar-refractivity contribution in [2.45, 2.75) is 91.6 Å². The van der Waals surface area contributed by atoms with Gasteiger partial charge in [0.25, 0.3) is 0 Å². The summed E-state index contributed by atoms with van der Waals surface area (Å²) in [6.45, 7) is 10.6. The highest BCUT2D eigenvalue weighted by Gasteiger charge is 2.47. The van der Waals surface area contributed by atoms with Crippen LogP contribution in [0, 0.1) is 23.2 Å². The third-order valence-corrected chi connectivity index (χ3v) is 6.40. The average molecular weight is 294 g/mol. The first-order valence-electron chi connectivity index (χ1n) is 9.04. The molecule has 0 amide bonds. The lowest BCUT2D eigenvalue weighted by Crippen LogP contribution is -2.49. The van der Waals surface area contributed by atoms with Crippen LogP contribution in [-0.2, 0) is 9.53 Å². The van der Waals surface area contributed by atoms with Crippen molar-refractivity contribution in [3.8, 4) is 0 Å². The first kappa shape index (κ1) is 16.8. The van der Waals surface area contributed by atoms with Gasteiger partial charge in [-0.2, -0.15) is 0 Å². The molecule has 2 rings (SSSR count). The molecule has 0 radical (unpaired) electrons. The summed E-state index contributed by atoms with van der Waals surface area (Å²) in [7, 11) is 0. The molecule has 0 N–H and O–H groups in total. The number of carbonyl (C=O) groups excluding carboxylic acids is 1. The second-order valence-electron chi connectivity index (χ2n) is 8.39. The maximum absolute atomic E-state index is 12.6. The van der Waals surface area contributed by atoms with Gasteiger partial charge in [0.2, 0.25) is 0 Å². The van der Waals surface area contributed by atoms with Crippen molar-refractivity contribution >= 4 is 5.97 Å². The van der Waals surface area contributed by atoms with Gasteiger partial charge in [0.15, 0.2) is 0 Å². The Labute approximate surface area is 131 Å². The molecule has 0 aromatic carbocycles. The van der Waals surface area contributed by atoms with E-state index < -0.39 is 0 Å². The third-order valence-electron chi connectivity index (χ3n) is 6.40. The minimum Gasteiger partial charge on any atom is -0.458 e. The van der Waals surface area contributed by atoms with E-state index in [4.69, 9.17) is 4.74 Å². The van der Waals surface area contributed by atoms with Gasteiger partial charge in [0.1, 0.15) is 5.60 Å². The zero-order valence-corrected chi connectivity index (χ0v) is 14.7. The van der Waals surface area contributed by atoms with E-state index >= 15 is 0 Å².